The molecule has 2 rings (SSSR count). The number of carbonyl (C=O) groups excluding carboxylic acids is 1. The van der Waals surface area contributed by atoms with Gasteiger partial charge in [-0.2, -0.15) is 0 Å². The molecular weight excluding hydrogens is 276 g/mol. The largest absolute Gasteiger partial charge is 0.545 e. The van der Waals surface area contributed by atoms with Gasteiger partial charge in [-0.3, -0.25) is 0 Å². The molecule has 0 aliphatic carbocycles. The number of hydrogen-bond donors (Lipinski definition) is 0. The van der Waals surface area contributed by atoms with Crippen LogP contribution in [0.25, 0.3) is 5.69 Å². The van der Waals surface area contributed by atoms with Crippen molar-refractivity contribution in [3.05, 3.63) is 33.8 Å². The van der Waals surface area contributed by atoms with Crippen molar-refractivity contribution >= 4 is 41.3 Å². The van der Waals surface area contributed by atoms with Crippen LogP contribution in [0.15, 0.2) is 28.6 Å². The van der Waals surface area contributed by atoms with Gasteiger partial charge in [-0.1, -0.05) is 35.2 Å². The molecule has 88 valence electrons. The third-order valence-electron chi connectivity index (χ3n) is 2.05. The van der Waals surface area contributed by atoms with Gasteiger partial charge in [-0.15, -0.1) is 5.10 Å². The number of thioether (sulfide) groups is 1. The first-order valence-electron chi connectivity index (χ1n) is 4.58. The smallest absolute Gasteiger partial charge is 0.184 e. The number of hydrogen-bond acceptors (Lipinski definition) is 6. The van der Waals surface area contributed by atoms with Crippen molar-refractivity contribution in [1.82, 2.24) is 9.78 Å². The quantitative estimate of drug-likeness (QED) is 0.634. The Morgan fingerprint density at radius 2 is 2.12 bits per heavy atom. The Bertz CT molecular complexity index is 601. The normalized spacial score (nSPS) is 10.4. The van der Waals surface area contributed by atoms with Crippen LogP contribution in [0.3, 0.4) is 0 Å². The van der Waals surface area contributed by atoms with Crippen molar-refractivity contribution in [2.45, 2.75) is 4.34 Å². The van der Waals surface area contributed by atoms with Gasteiger partial charge in [0.2, 0.25) is 0 Å². The lowest BCUT2D eigenvalue weighted by Crippen LogP contribution is -2.22. The Morgan fingerprint density at radius 3 is 2.59 bits per heavy atom. The molecule has 0 unspecified atom stereocenters. The molecule has 2 aromatic rings. The minimum atomic E-state index is -1.19. The Morgan fingerprint density at radius 1 is 1.47 bits per heavy atom. The fourth-order valence-corrected chi connectivity index (χ4v) is 3.02. The van der Waals surface area contributed by atoms with Gasteiger partial charge in [0, 0.05) is 0 Å². The van der Waals surface area contributed by atoms with Crippen LogP contribution >= 0.6 is 35.3 Å². The van der Waals surface area contributed by atoms with Crippen molar-refractivity contribution in [2.75, 3.05) is 6.26 Å². The first kappa shape index (κ1) is 12.3. The lowest BCUT2D eigenvalue weighted by atomic mass is 10.2. The van der Waals surface area contributed by atoms with E-state index >= 15 is 0 Å². The van der Waals surface area contributed by atoms with Crippen LogP contribution in [0.2, 0.25) is 0 Å². The summed E-state index contributed by atoms with van der Waals surface area (Å²) >= 11 is 8.13. The summed E-state index contributed by atoms with van der Waals surface area (Å²) in [5, 5.41) is 14.9. The van der Waals surface area contributed by atoms with Crippen LogP contribution in [-0.4, -0.2) is 22.0 Å². The summed E-state index contributed by atoms with van der Waals surface area (Å²) in [6, 6.07) is 6.27. The minimum Gasteiger partial charge on any atom is -0.545 e. The predicted octanol–water partition coefficient (Wildman–Crippen LogP) is 1.75. The van der Waals surface area contributed by atoms with Gasteiger partial charge in [0.15, 0.2) is 8.29 Å². The molecule has 0 spiro atoms. The Kier molecular flexibility index (Phi) is 3.60. The second-order valence-corrected chi connectivity index (χ2v) is 5.76. The molecule has 1 aromatic heterocycles. The van der Waals surface area contributed by atoms with E-state index in [1.54, 1.807) is 16.8 Å². The number of aromatic nitrogens is 2. The first-order chi connectivity index (χ1) is 8.11. The molecule has 4 nitrogen and oxygen atoms in total. The van der Waals surface area contributed by atoms with Gasteiger partial charge in [0.05, 0.1) is 11.7 Å². The highest BCUT2D eigenvalue weighted by molar-refractivity contribution is 8.00. The third kappa shape index (κ3) is 2.56. The molecule has 0 N–H and O–H groups in total. The second kappa shape index (κ2) is 4.99. The summed E-state index contributed by atoms with van der Waals surface area (Å²) in [6.07, 6.45) is 1.93. The number of rotatable bonds is 3. The van der Waals surface area contributed by atoms with Gasteiger partial charge in [-0.05, 0) is 36.2 Å². The molecule has 1 heterocycles. The zero-order chi connectivity index (χ0) is 12.4. The summed E-state index contributed by atoms with van der Waals surface area (Å²) in [6.45, 7) is 0. The molecule has 7 heteroatoms. The van der Waals surface area contributed by atoms with Crippen LogP contribution in [0.1, 0.15) is 10.4 Å². The van der Waals surface area contributed by atoms with E-state index in [0.717, 1.165) is 10.0 Å². The number of nitrogens with zero attached hydrogens (tertiary/aromatic N) is 2. The lowest BCUT2D eigenvalue weighted by molar-refractivity contribution is -0.255. The van der Waals surface area contributed by atoms with Crippen molar-refractivity contribution in [2.24, 2.45) is 0 Å². The van der Waals surface area contributed by atoms with Crippen molar-refractivity contribution in [1.29, 1.82) is 0 Å². The highest BCUT2D eigenvalue weighted by Crippen LogP contribution is 2.21. The van der Waals surface area contributed by atoms with Crippen LogP contribution < -0.4 is 5.11 Å². The highest BCUT2D eigenvalue weighted by atomic mass is 32.2. The summed E-state index contributed by atoms with van der Waals surface area (Å²) < 4.78 is 3.12. The van der Waals surface area contributed by atoms with E-state index in [2.05, 4.69) is 5.10 Å². The number of carboxylic acid groups (broad SMARTS) is 1. The molecule has 0 saturated heterocycles. The third-order valence-corrected chi connectivity index (χ3v) is 4.26. The lowest BCUT2D eigenvalue weighted by Gasteiger charge is -2.04. The molecule has 0 aliphatic heterocycles. The van der Waals surface area contributed by atoms with Gasteiger partial charge in [0.25, 0.3) is 0 Å². The molecule has 0 radical (unpaired) electrons. The zero-order valence-corrected chi connectivity index (χ0v) is 11.2. The molecule has 0 amide bonds. The van der Waals surface area contributed by atoms with E-state index < -0.39 is 5.97 Å². The SMILES string of the molecule is CSc1nn(-c2ccc(C(=O)[O-])cc2)c(=S)s1. The van der Waals surface area contributed by atoms with Crippen LogP contribution in [-0.2, 0) is 0 Å². The first-order valence-corrected chi connectivity index (χ1v) is 7.02. The minimum absolute atomic E-state index is 0.139. The molecule has 0 saturated carbocycles. The maximum Gasteiger partial charge on any atom is 0.184 e. The average Bonchev–Trinajstić information content (AvgIpc) is 2.71. The van der Waals surface area contributed by atoms with Crippen molar-refractivity contribution < 1.29 is 9.90 Å². The van der Waals surface area contributed by atoms with E-state index in [0.29, 0.717) is 3.95 Å². The molecule has 0 atom stereocenters. The molecule has 0 aliphatic rings. The second-order valence-electron chi connectivity index (χ2n) is 3.08. The maximum absolute atomic E-state index is 10.6. The van der Waals surface area contributed by atoms with E-state index in [1.807, 2.05) is 6.26 Å². The van der Waals surface area contributed by atoms with Gasteiger partial charge < -0.3 is 9.90 Å². The van der Waals surface area contributed by atoms with Crippen LogP contribution in [0, 0.1) is 3.95 Å². The van der Waals surface area contributed by atoms with Crippen molar-refractivity contribution in [3.63, 3.8) is 0 Å². The van der Waals surface area contributed by atoms with E-state index in [1.165, 1.54) is 35.2 Å². The fraction of sp³-hybridized carbons (Fsp3) is 0.100. The molecule has 1 aromatic carbocycles. The number of carboxylic acids is 1. The van der Waals surface area contributed by atoms with E-state index in [4.69, 9.17) is 12.2 Å². The number of benzene rings is 1. The van der Waals surface area contributed by atoms with E-state index in [9.17, 15) is 9.90 Å². The van der Waals surface area contributed by atoms with Crippen molar-refractivity contribution in [3.8, 4) is 5.69 Å². The van der Waals surface area contributed by atoms with Crippen LogP contribution in [0.4, 0.5) is 0 Å². The zero-order valence-electron chi connectivity index (χ0n) is 8.75. The van der Waals surface area contributed by atoms with E-state index in [-0.39, 0.29) is 5.56 Å². The fourth-order valence-electron chi connectivity index (χ4n) is 1.25. The monoisotopic (exact) mass is 283 g/mol. The maximum atomic E-state index is 10.6. The Labute approximate surface area is 111 Å². The standard InChI is InChI=1S/C10H8N2O2S3/c1-16-9-11-12(10(15)17-9)7-4-2-6(3-5-7)8(13)14/h2-5H,1H3,(H,13,14)/p-1. The molecule has 17 heavy (non-hydrogen) atoms. The Hall–Kier alpha value is -1.18. The van der Waals surface area contributed by atoms with Crippen LogP contribution in [0.5, 0.6) is 0 Å². The number of carbonyl (C=O) groups is 1. The topological polar surface area (TPSA) is 58.0 Å². The summed E-state index contributed by atoms with van der Waals surface area (Å²) in [7, 11) is 0. The molecule has 0 fully saturated rings. The predicted molar refractivity (Wildman–Crippen MR) is 68.4 cm³/mol. The van der Waals surface area contributed by atoms with Gasteiger partial charge >= 0.3 is 0 Å². The molecule has 0 bridgehead atoms. The summed E-state index contributed by atoms with van der Waals surface area (Å²) in [5.41, 5.74) is 0.886. The molecular formula is C10H7N2O2S3-. The Balaban J connectivity index is 2.42. The highest BCUT2D eigenvalue weighted by Gasteiger charge is 2.04. The average molecular weight is 283 g/mol. The summed E-state index contributed by atoms with van der Waals surface area (Å²) in [5.74, 6) is -1.19. The summed E-state index contributed by atoms with van der Waals surface area (Å²) in [4.78, 5) is 10.6. The number of aromatic carboxylic acids is 1. The van der Waals surface area contributed by atoms with Gasteiger partial charge in [-0.25, -0.2) is 4.68 Å². The van der Waals surface area contributed by atoms with Gasteiger partial charge in [0.1, 0.15) is 0 Å².